The maximum absolute atomic E-state index is 13.4. The molecule has 0 saturated carbocycles. The van der Waals surface area contributed by atoms with Crippen molar-refractivity contribution in [3.63, 3.8) is 0 Å². The maximum Gasteiger partial charge on any atom is 0.409 e. The number of aromatic nitrogens is 1. The predicted molar refractivity (Wildman–Crippen MR) is 139 cm³/mol. The lowest BCUT2D eigenvalue weighted by Gasteiger charge is -2.39. The van der Waals surface area contributed by atoms with Gasteiger partial charge in [-0.1, -0.05) is 36.7 Å². The first kappa shape index (κ1) is 25.4. The summed E-state index contributed by atoms with van der Waals surface area (Å²) in [5.74, 6) is -0.286. The molecule has 2 aromatic carbocycles. The first-order chi connectivity index (χ1) is 17.3. The van der Waals surface area contributed by atoms with Gasteiger partial charge < -0.3 is 19.9 Å². The zero-order valence-electron chi connectivity index (χ0n) is 20.6. The van der Waals surface area contributed by atoms with Crippen LogP contribution in [0.25, 0.3) is 22.2 Å². The predicted octanol–water partition coefficient (Wildman–Crippen LogP) is 4.61. The van der Waals surface area contributed by atoms with Gasteiger partial charge in [0.05, 0.1) is 22.8 Å². The van der Waals surface area contributed by atoms with Gasteiger partial charge >= 0.3 is 6.09 Å². The summed E-state index contributed by atoms with van der Waals surface area (Å²) in [6, 6.07) is 14.0. The second-order valence-corrected chi connectivity index (χ2v) is 9.19. The van der Waals surface area contributed by atoms with Crippen molar-refractivity contribution in [3.8, 4) is 11.3 Å². The SMILES string of the molecule is CCCOC(=O)N1CCN(C(=O)c2ccc3c(Cl)cc(-c4ccc(C(=O)NC)cc4)nc3c2)[C@@H](C)C1. The number of fused-ring (bicyclic) bond motifs is 1. The molecule has 9 heteroatoms. The van der Waals surface area contributed by atoms with E-state index in [9.17, 15) is 14.4 Å². The molecule has 3 amide bonds. The topological polar surface area (TPSA) is 91.8 Å². The fourth-order valence-electron chi connectivity index (χ4n) is 4.28. The third kappa shape index (κ3) is 5.28. The molecule has 1 aromatic heterocycles. The molecule has 0 unspecified atom stereocenters. The van der Waals surface area contributed by atoms with E-state index in [4.69, 9.17) is 21.3 Å². The molecule has 188 valence electrons. The van der Waals surface area contributed by atoms with Crippen LogP contribution in [0.4, 0.5) is 4.79 Å². The molecule has 4 rings (SSSR count). The number of hydrogen-bond donors (Lipinski definition) is 1. The number of nitrogens with zero attached hydrogens (tertiary/aromatic N) is 3. The second kappa shape index (κ2) is 11.0. The number of carbonyl (C=O) groups is 3. The summed E-state index contributed by atoms with van der Waals surface area (Å²) in [7, 11) is 1.59. The lowest BCUT2D eigenvalue weighted by Crippen LogP contribution is -2.55. The number of benzene rings is 2. The Kier molecular flexibility index (Phi) is 7.74. The van der Waals surface area contributed by atoms with Gasteiger partial charge in [-0.15, -0.1) is 0 Å². The van der Waals surface area contributed by atoms with Crippen molar-refractivity contribution in [2.75, 3.05) is 33.3 Å². The largest absolute Gasteiger partial charge is 0.449 e. The van der Waals surface area contributed by atoms with Crippen LogP contribution >= 0.6 is 11.6 Å². The first-order valence-electron chi connectivity index (χ1n) is 12.0. The highest BCUT2D eigenvalue weighted by molar-refractivity contribution is 6.35. The Morgan fingerprint density at radius 2 is 1.81 bits per heavy atom. The number of rotatable bonds is 5. The van der Waals surface area contributed by atoms with Crippen molar-refractivity contribution >= 4 is 40.4 Å². The van der Waals surface area contributed by atoms with E-state index in [1.807, 2.05) is 26.0 Å². The third-order valence-electron chi connectivity index (χ3n) is 6.25. The van der Waals surface area contributed by atoms with Gasteiger partial charge in [0, 0.05) is 54.8 Å². The molecular weight excluding hydrogens is 480 g/mol. The van der Waals surface area contributed by atoms with E-state index in [2.05, 4.69) is 5.32 Å². The number of ether oxygens (including phenoxy) is 1. The Hall–Kier alpha value is -3.65. The number of hydrogen-bond acceptors (Lipinski definition) is 5. The van der Waals surface area contributed by atoms with E-state index in [1.54, 1.807) is 53.2 Å². The number of halogens is 1. The molecule has 1 atom stereocenters. The summed E-state index contributed by atoms with van der Waals surface area (Å²) in [6.45, 7) is 5.52. The monoisotopic (exact) mass is 508 g/mol. The van der Waals surface area contributed by atoms with Crippen LogP contribution in [-0.4, -0.2) is 72.0 Å². The normalized spacial score (nSPS) is 15.6. The number of carbonyl (C=O) groups excluding carboxylic acids is 3. The van der Waals surface area contributed by atoms with Crippen LogP contribution in [0.1, 0.15) is 41.0 Å². The van der Waals surface area contributed by atoms with Crippen LogP contribution < -0.4 is 5.32 Å². The Bertz CT molecular complexity index is 1290. The summed E-state index contributed by atoms with van der Waals surface area (Å²) >= 11 is 6.55. The maximum atomic E-state index is 13.4. The van der Waals surface area contributed by atoms with Crippen LogP contribution in [0.15, 0.2) is 48.5 Å². The number of nitrogens with one attached hydrogen (secondary N) is 1. The van der Waals surface area contributed by atoms with E-state index < -0.39 is 0 Å². The van der Waals surface area contributed by atoms with E-state index in [0.717, 1.165) is 17.4 Å². The van der Waals surface area contributed by atoms with Crippen LogP contribution in [0.3, 0.4) is 0 Å². The van der Waals surface area contributed by atoms with E-state index >= 15 is 0 Å². The lowest BCUT2D eigenvalue weighted by atomic mass is 10.0. The quantitative estimate of drug-likeness (QED) is 0.543. The van der Waals surface area contributed by atoms with Gasteiger partial charge in [-0.2, -0.15) is 0 Å². The molecule has 0 bridgehead atoms. The molecule has 1 saturated heterocycles. The highest BCUT2D eigenvalue weighted by Crippen LogP contribution is 2.29. The molecule has 1 fully saturated rings. The van der Waals surface area contributed by atoms with Crippen molar-refractivity contribution in [2.24, 2.45) is 0 Å². The fraction of sp³-hybridized carbons (Fsp3) is 0.333. The molecule has 0 radical (unpaired) electrons. The van der Waals surface area contributed by atoms with Gasteiger partial charge in [-0.05, 0) is 43.7 Å². The molecule has 0 aliphatic carbocycles. The minimum Gasteiger partial charge on any atom is -0.449 e. The lowest BCUT2D eigenvalue weighted by molar-refractivity contribution is 0.0414. The minimum atomic E-state index is -0.337. The molecule has 36 heavy (non-hydrogen) atoms. The van der Waals surface area contributed by atoms with Crippen molar-refractivity contribution in [1.29, 1.82) is 0 Å². The molecule has 2 heterocycles. The summed E-state index contributed by atoms with van der Waals surface area (Å²) < 4.78 is 5.23. The van der Waals surface area contributed by atoms with E-state index in [0.29, 0.717) is 53.6 Å². The number of pyridine rings is 1. The standard InChI is InChI=1S/C27H29ClN4O4/c1-4-13-36-27(35)31-11-12-32(17(2)16-31)26(34)20-9-10-21-22(28)15-23(30-24(21)14-20)18-5-7-19(8-6-18)25(33)29-3/h5-10,14-15,17H,4,11-13,16H2,1-3H3,(H,29,33)/t17-/m0/s1. The summed E-state index contributed by atoms with van der Waals surface area (Å²) in [5.41, 5.74) is 3.12. The van der Waals surface area contributed by atoms with E-state index in [1.165, 1.54) is 0 Å². The minimum absolute atomic E-state index is 0.121. The van der Waals surface area contributed by atoms with Gasteiger partial charge in [0.15, 0.2) is 0 Å². The fourth-order valence-corrected chi connectivity index (χ4v) is 4.54. The zero-order chi connectivity index (χ0) is 25.8. The molecule has 1 aliphatic heterocycles. The summed E-state index contributed by atoms with van der Waals surface area (Å²) in [4.78, 5) is 45.6. The highest BCUT2D eigenvalue weighted by Gasteiger charge is 2.31. The molecule has 1 aliphatic rings. The summed E-state index contributed by atoms with van der Waals surface area (Å²) in [5, 5.41) is 3.87. The van der Waals surface area contributed by atoms with Crippen molar-refractivity contribution in [2.45, 2.75) is 26.3 Å². The molecule has 8 nitrogen and oxygen atoms in total. The Labute approximate surface area is 215 Å². The Balaban J connectivity index is 1.56. The van der Waals surface area contributed by atoms with Crippen molar-refractivity contribution in [1.82, 2.24) is 20.1 Å². The second-order valence-electron chi connectivity index (χ2n) is 8.79. The van der Waals surface area contributed by atoms with E-state index in [-0.39, 0.29) is 23.9 Å². The third-order valence-corrected chi connectivity index (χ3v) is 6.57. The molecular formula is C27H29ClN4O4. The molecule has 3 aromatic rings. The van der Waals surface area contributed by atoms with Crippen LogP contribution in [-0.2, 0) is 4.74 Å². The Morgan fingerprint density at radius 1 is 1.08 bits per heavy atom. The smallest absolute Gasteiger partial charge is 0.409 e. The van der Waals surface area contributed by atoms with Gasteiger partial charge in [0.1, 0.15) is 0 Å². The zero-order valence-corrected chi connectivity index (χ0v) is 21.3. The summed E-state index contributed by atoms with van der Waals surface area (Å²) in [6.07, 6.45) is 0.430. The van der Waals surface area contributed by atoms with Crippen LogP contribution in [0.2, 0.25) is 5.02 Å². The van der Waals surface area contributed by atoms with Gasteiger partial charge in [-0.3, -0.25) is 9.59 Å². The molecule has 0 spiro atoms. The average molecular weight is 509 g/mol. The van der Waals surface area contributed by atoms with Gasteiger partial charge in [-0.25, -0.2) is 9.78 Å². The van der Waals surface area contributed by atoms with Gasteiger partial charge in [0.25, 0.3) is 11.8 Å². The van der Waals surface area contributed by atoms with Crippen molar-refractivity contribution < 1.29 is 19.1 Å². The van der Waals surface area contributed by atoms with Gasteiger partial charge in [0.2, 0.25) is 0 Å². The van der Waals surface area contributed by atoms with Crippen LogP contribution in [0, 0.1) is 0 Å². The van der Waals surface area contributed by atoms with Crippen molar-refractivity contribution in [3.05, 3.63) is 64.7 Å². The first-order valence-corrected chi connectivity index (χ1v) is 12.4. The highest BCUT2D eigenvalue weighted by atomic mass is 35.5. The Morgan fingerprint density at radius 3 is 2.47 bits per heavy atom. The number of amides is 3. The van der Waals surface area contributed by atoms with Crippen LogP contribution in [0.5, 0.6) is 0 Å². The molecule has 1 N–H and O–H groups in total. The number of piperazine rings is 1. The average Bonchev–Trinajstić information content (AvgIpc) is 2.90.